The van der Waals surface area contributed by atoms with E-state index in [1.165, 1.54) is 6.42 Å². The molecule has 1 unspecified atom stereocenters. The van der Waals surface area contributed by atoms with E-state index in [1.807, 2.05) is 23.6 Å². The second kappa shape index (κ2) is 6.22. The number of nitrogens with zero attached hydrogens (tertiary/aromatic N) is 3. The fourth-order valence-corrected chi connectivity index (χ4v) is 3.19. The van der Waals surface area contributed by atoms with Crippen LogP contribution in [0.1, 0.15) is 33.6 Å². The second-order valence-corrected chi connectivity index (χ2v) is 6.92. The van der Waals surface area contributed by atoms with E-state index >= 15 is 0 Å². The van der Waals surface area contributed by atoms with E-state index in [9.17, 15) is 4.79 Å². The second-order valence-electron chi connectivity index (χ2n) is 6.92. The maximum Gasteiger partial charge on any atom is 0.320 e. The minimum atomic E-state index is -0.422. The molecule has 0 spiro atoms. The highest BCUT2D eigenvalue weighted by Gasteiger charge is 2.34. The number of likely N-dealkylation sites (tertiary alicyclic amines) is 1. The van der Waals surface area contributed by atoms with E-state index in [4.69, 9.17) is 11.1 Å². The number of rotatable bonds is 2. The summed E-state index contributed by atoms with van der Waals surface area (Å²) in [6.45, 7) is 10.9. The Kier molecular flexibility index (Phi) is 4.76. The van der Waals surface area contributed by atoms with Crippen molar-refractivity contribution in [1.29, 1.82) is 5.41 Å². The lowest BCUT2D eigenvalue weighted by atomic mass is 10.00. The Morgan fingerprint density at radius 2 is 1.76 bits per heavy atom. The van der Waals surface area contributed by atoms with Gasteiger partial charge in [-0.25, -0.2) is 4.79 Å². The van der Waals surface area contributed by atoms with Gasteiger partial charge in [0.15, 0.2) is 0 Å². The van der Waals surface area contributed by atoms with Crippen molar-refractivity contribution in [2.45, 2.75) is 39.2 Å². The summed E-state index contributed by atoms with van der Waals surface area (Å²) in [4.78, 5) is 18.7. The Morgan fingerprint density at radius 3 is 2.29 bits per heavy atom. The maximum absolute atomic E-state index is 12.6. The van der Waals surface area contributed by atoms with Gasteiger partial charge in [0.2, 0.25) is 0 Å². The molecular weight excluding hydrogens is 266 g/mol. The normalized spacial score (nSPS) is 25.0. The monoisotopic (exact) mass is 295 g/mol. The number of nitrogens with one attached hydrogen (secondary N) is 1. The molecule has 0 radical (unpaired) electrons. The smallest absolute Gasteiger partial charge is 0.320 e. The largest absolute Gasteiger partial charge is 0.386 e. The zero-order valence-corrected chi connectivity index (χ0v) is 13.6. The molecule has 2 aliphatic heterocycles. The summed E-state index contributed by atoms with van der Waals surface area (Å²) in [7, 11) is 0. The maximum atomic E-state index is 12.6. The van der Waals surface area contributed by atoms with Gasteiger partial charge in [-0.05, 0) is 32.6 Å². The number of amidine groups is 1. The van der Waals surface area contributed by atoms with Gasteiger partial charge >= 0.3 is 6.03 Å². The van der Waals surface area contributed by atoms with Gasteiger partial charge in [-0.15, -0.1) is 0 Å². The first-order valence-corrected chi connectivity index (χ1v) is 7.95. The highest BCUT2D eigenvalue weighted by atomic mass is 16.2. The van der Waals surface area contributed by atoms with Gasteiger partial charge in [0.1, 0.15) is 5.84 Å². The van der Waals surface area contributed by atoms with Crippen molar-refractivity contribution in [3.8, 4) is 0 Å². The molecule has 0 aliphatic carbocycles. The van der Waals surface area contributed by atoms with Crippen LogP contribution in [0.2, 0.25) is 0 Å². The Balaban J connectivity index is 1.89. The highest BCUT2D eigenvalue weighted by Crippen LogP contribution is 2.20. The number of carbonyl (C=O) groups is 1. The van der Waals surface area contributed by atoms with Crippen molar-refractivity contribution in [3.05, 3.63) is 0 Å². The lowest BCUT2D eigenvalue weighted by Crippen LogP contribution is -2.61. The van der Waals surface area contributed by atoms with E-state index < -0.39 is 5.54 Å². The number of nitrogens with two attached hydrogens (primary N) is 1. The zero-order chi connectivity index (χ0) is 15.6. The number of hydrogen-bond acceptors (Lipinski definition) is 3. The van der Waals surface area contributed by atoms with Crippen LogP contribution in [0.25, 0.3) is 0 Å². The van der Waals surface area contributed by atoms with Crippen LogP contribution in [0.3, 0.4) is 0 Å². The molecule has 120 valence electrons. The molecule has 0 bridgehead atoms. The molecule has 2 amide bonds. The van der Waals surface area contributed by atoms with Gasteiger partial charge in [-0.2, -0.15) is 0 Å². The van der Waals surface area contributed by atoms with E-state index in [-0.39, 0.29) is 11.9 Å². The summed E-state index contributed by atoms with van der Waals surface area (Å²) < 4.78 is 0. The molecule has 6 nitrogen and oxygen atoms in total. The number of urea groups is 1. The number of piperazine rings is 1. The van der Waals surface area contributed by atoms with Crippen molar-refractivity contribution < 1.29 is 4.79 Å². The Bertz CT molecular complexity index is 401. The van der Waals surface area contributed by atoms with Crippen LogP contribution >= 0.6 is 0 Å². The number of hydrogen-bond donors (Lipinski definition) is 2. The molecule has 3 N–H and O–H groups in total. The number of carbonyl (C=O) groups excluding carboxylic acids is 1. The van der Waals surface area contributed by atoms with Crippen LogP contribution in [-0.4, -0.2) is 71.4 Å². The summed E-state index contributed by atoms with van der Waals surface area (Å²) in [5.74, 6) is 0.799. The molecule has 0 aromatic heterocycles. The third kappa shape index (κ3) is 3.48. The van der Waals surface area contributed by atoms with Gasteiger partial charge in [0.05, 0.1) is 5.54 Å². The SMILES string of the molecule is CC1CCCN(C(=O)N2CCN(C(C)(C)C(=N)N)CC2)C1. The zero-order valence-electron chi connectivity index (χ0n) is 13.6. The van der Waals surface area contributed by atoms with Gasteiger partial charge in [-0.1, -0.05) is 6.92 Å². The molecule has 2 aliphatic rings. The number of amides is 2. The quantitative estimate of drug-likeness (QED) is 0.593. The molecule has 0 saturated carbocycles. The lowest BCUT2D eigenvalue weighted by Gasteiger charge is -2.44. The van der Waals surface area contributed by atoms with Crippen molar-refractivity contribution in [2.24, 2.45) is 11.7 Å². The van der Waals surface area contributed by atoms with Gasteiger partial charge in [0, 0.05) is 39.3 Å². The molecular formula is C15H29N5O. The Morgan fingerprint density at radius 1 is 1.14 bits per heavy atom. The fraction of sp³-hybridized carbons (Fsp3) is 0.867. The standard InChI is InChI=1S/C15H29N5O/c1-12-5-4-6-19(11-12)14(21)18-7-9-20(10-8-18)15(2,3)13(16)17/h12H,4-11H2,1-3H3,(H3,16,17). The molecule has 2 saturated heterocycles. The highest BCUT2D eigenvalue weighted by molar-refractivity contribution is 5.86. The summed E-state index contributed by atoms with van der Waals surface area (Å²) in [5.41, 5.74) is 5.26. The van der Waals surface area contributed by atoms with E-state index in [2.05, 4.69) is 11.8 Å². The summed E-state index contributed by atoms with van der Waals surface area (Å²) >= 11 is 0. The van der Waals surface area contributed by atoms with E-state index in [0.717, 1.165) is 45.7 Å². The first kappa shape index (κ1) is 16.1. The molecule has 0 aromatic rings. The summed E-state index contributed by atoms with van der Waals surface area (Å²) in [6.07, 6.45) is 2.34. The lowest BCUT2D eigenvalue weighted by molar-refractivity contribution is 0.0755. The summed E-state index contributed by atoms with van der Waals surface area (Å²) in [5, 5.41) is 7.70. The molecule has 2 fully saturated rings. The number of piperidine rings is 1. The minimum Gasteiger partial charge on any atom is -0.386 e. The fourth-order valence-electron chi connectivity index (χ4n) is 3.19. The van der Waals surface area contributed by atoms with Crippen LogP contribution in [0.5, 0.6) is 0 Å². The van der Waals surface area contributed by atoms with Crippen molar-refractivity contribution in [3.63, 3.8) is 0 Å². The molecule has 6 heteroatoms. The third-order valence-electron chi connectivity index (χ3n) is 4.93. The average Bonchev–Trinajstić information content (AvgIpc) is 2.46. The van der Waals surface area contributed by atoms with Gasteiger partial charge in [-0.3, -0.25) is 10.3 Å². The minimum absolute atomic E-state index is 0.182. The first-order valence-electron chi connectivity index (χ1n) is 7.95. The Hall–Kier alpha value is -1.30. The van der Waals surface area contributed by atoms with Crippen molar-refractivity contribution in [1.82, 2.24) is 14.7 Å². The van der Waals surface area contributed by atoms with Crippen LogP contribution in [0.15, 0.2) is 0 Å². The predicted octanol–water partition coefficient (Wildman–Crippen LogP) is 1.17. The predicted molar refractivity (Wildman–Crippen MR) is 84.5 cm³/mol. The Labute approximate surface area is 127 Å². The molecule has 2 rings (SSSR count). The van der Waals surface area contributed by atoms with Crippen LogP contribution in [-0.2, 0) is 0 Å². The van der Waals surface area contributed by atoms with E-state index in [0.29, 0.717) is 5.92 Å². The molecule has 0 aromatic carbocycles. The molecule has 1 atom stereocenters. The average molecular weight is 295 g/mol. The van der Waals surface area contributed by atoms with Gasteiger partial charge < -0.3 is 15.5 Å². The molecule has 2 heterocycles. The van der Waals surface area contributed by atoms with Crippen LogP contribution in [0.4, 0.5) is 4.79 Å². The summed E-state index contributed by atoms with van der Waals surface area (Å²) in [6, 6.07) is 0.182. The van der Waals surface area contributed by atoms with Crippen LogP contribution in [0, 0.1) is 11.3 Å². The van der Waals surface area contributed by atoms with Gasteiger partial charge in [0.25, 0.3) is 0 Å². The van der Waals surface area contributed by atoms with E-state index in [1.54, 1.807) is 0 Å². The topological polar surface area (TPSA) is 76.7 Å². The van der Waals surface area contributed by atoms with Crippen LogP contribution < -0.4 is 5.73 Å². The van der Waals surface area contributed by atoms with Crippen molar-refractivity contribution in [2.75, 3.05) is 39.3 Å². The molecule has 21 heavy (non-hydrogen) atoms. The third-order valence-corrected chi connectivity index (χ3v) is 4.93. The van der Waals surface area contributed by atoms with Crippen molar-refractivity contribution >= 4 is 11.9 Å². The first-order chi connectivity index (χ1) is 9.82.